The van der Waals surface area contributed by atoms with E-state index >= 15 is 0 Å². The van der Waals surface area contributed by atoms with Crippen LogP contribution < -0.4 is 0 Å². The first-order valence-corrected chi connectivity index (χ1v) is 10.4. The van der Waals surface area contributed by atoms with Crippen LogP contribution in [0, 0.1) is 12.7 Å². The summed E-state index contributed by atoms with van der Waals surface area (Å²) in [6, 6.07) is 12.1. The van der Waals surface area contributed by atoms with E-state index in [1.165, 1.54) is 29.2 Å². The molecule has 0 bridgehead atoms. The molecule has 2 aromatic carbocycles. The van der Waals surface area contributed by atoms with Crippen molar-refractivity contribution in [2.45, 2.75) is 13.0 Å². The van der Waals surface area contributed by atoms with Crippen LogP contribution in [0.5, 0.6) is 0 Å². The molecular formula is C24H25FN2O4. The predicted molar refractivity (Wildman–Crippen MR) is 114 cm³/mol. The third-order valence-electron chi connectivity index (χ3n) is 5.81. The maximum atomic E-state index is 13.3. The maximum Gasteiger partial charge on any atom is 0.295 e. The Kier molecular flexibility index (Phi) is 6.15. The Bertz CT molecular complexity index is 995. The molecule has 162 valence electrons. The van der Waals surface area contributed by atoms with Gasteiger partial charge in [-0.05, 0) is 36.8 Å². The summed E-state index contributed by atoms with van der Waals surface area (Å²) in [4.78, 5) is 29.7. The van der Waals surface area contributed by atoms with E-state index < -0.39 is 23.5 Å². The Morgan fingerprint density at radius 3 is 2.32 bits per heavy atom. The van der Waals surface area contributed by atoms with Crippen LogP contribution in [0.1, 0.15) is 22.7 Å². The first kappa shape index (κ1) is 21.2. The highest BCUT2D eigenvalue weighted by Gasteiger charge is 2.46. The van der Waals surface area contributed by atoms with Crippen molar-refractivity contribution in [2.75, 3.05) is 39.4 Å². The van der Waals surface area contributed by atoms with Crippen molar-refractivity contribution in [3.63, 3.8) is 0 Å². The number of hydrogen-bond donors (Lipinski definition) is 1. The van der Waals surface area contributed by atoms with Crippen molar-refractivity contribution in [3.05, 3.63) is 76.6 Å². The lowest BCUT2D eigenvalue weighted by Gasteiger charge is -2.31. The Balaban J connectivity index is 1.72. The summed E-state index contributed by atoms with van der Waals surface area (Å²) in [5.41, 5.74) is 2.12. The molecule has 0 spiro atoms. The highest BCUT2D eigenvalue weighted by Crippen LogP contribution is 2.39. The van der Waals surface area contributed by atoms with Crippen molar-refractivity contribution in [1.29, 1.82) is 0 Å². The number of amides is 1. The number of hydrogen-bond acceptors (Lipinski definition) is 5. The molecule has 2 fully saturated rings. The van der Waals surface area contributed by atoms with Crippen LogP contribution in [0.4, 0.5) is 4.39 Å². The number of aliphatic hydroxyl groups is 1. The van der Waals surface area contributed by atoms with Crippen LogP contribution in [0.3, 0.4) is 0 Å². The molecule has 2 aliphatic rings. The van der Waals surface area contributed by atoms with Crippen LogP contribution in [-0.2, 0) is 14.3 Å². The van der Waals surface area contributed by atoms with Gasteiger partial charge in [0.1, 0.15) is 11.6 Å². The lowest BCUT2D eigenvalue weighted by Crippen LogP contribution is -2.42. The molecule has 0 aromatic heterocycles. The second-order valence-corrected chi connectivity index (χ2v) is 7.86. The molecule has 1 unspecified atom stereocenters. The number of likely N-dealkylation sites (tertiary alicyclic amines) is 1. The molecule has 2 heterocycles. The molecule has 1 atom stereocenters. The van der Waals surface area contributed by atoms with Gasteiger partial charge in [0.05, 0.1) is 24.8 Å². The topological polar surface area (TPSA) is 70.1 Å². The van der Waals surface area contributed by atoms with Gasteiger partial charge < -0.3 is 14.7 Å². The minimum atomic E-state index is -0.727. The number of nitrogens with zero attached hydrogens (tertiary/aromatic N) is 2. The first-order chi connectivity index (χ1) is 15.0. The van der Waals surface area contributed by atoms with Gasteiger partial charge in [-0.3, -0.25) is 14.5 Å². The molecule has 7 heteroatoms. The summed E-state index contributed by atoms with van der Waals surface area (Å²) >= 11 is 0. The molecule has 2 saturated heterocycles. The molecule has 1 amide bonds. The minimum absolute atomic E-state index is 0.0300. The number of carbonyl (C=O) groups is 2. The van der Waals surface area contributed by atoms with Gasteiger partial charge in [-0.15, -0.1) is 0 Å². The third-order valence-corrected chi connectivity index (χ3v) is 5.81. The van der Waals surface area contributed by atoms with Gasteiger partial charge in [-0.1, -0.05) is 29.8 Å². The molecule has 4 rings (SSSR count). The predicted octanol–water partition coefficient (Wildman–Crippen LogP) is 2.89. The Hall–Kier alpha value is -3.03. The van der Waals surface area contributed by atoms with Gasteiger partial charge in [0, 0.05) is 31.7 Å². The lowest BCUT2D eigenvalue weighted by molar-refractivity contribution is -0.140. The third kappa shape index (κ3) is 4.38. The van der Waals surface area contributed by atoms with Crippen molar-refractivity contribution in [1.82, 2.24) is 9.80 Å². The normalized spacial score (nSPS) is 21.6. The summed E-state index contributed by atoms with van der Waals surface area (Å²) in [5.74, 6) is -2.10. The highest BCUT2D eigenvalue weighted by molar-refractivity contribution is 6.46. The van der Waals surface area contributed by atoms with Crippen molar-refractivity contribution in [2.24, 2.45) is 0 Å². The molecule has 6 nitrogen and oxygen atoms in total. The zero-order valence-electron chi connectivity index (χ0n) is 17.4. The fourth-order valence-electron chi connectivity index (χ4n) is 4.04. The van der Waals surface area contributed by atoms with Crippen LogP contribution in [-0.4, -0.2) is 66.0 Å². The number of ether oxygens (including phenoxy) is 1. The molecular weight excluding hydrogens is 399 g/mol. The molecule has 2 aliphatic heterocycles. The van der Waals surface area contributed by atoms with E-state index in [0.29, 0.717) is 31.9 Å². The zero-order chi connectivity index (χ0) is 22.0. The second-order valence-electron chi connectivity index (χ2n) is 7.86. The summed E-state index contributed by atoms with van der Waals surface area (Å²) < 4.78 is 18.7. The smallest absolute Gasteiger partial charge is 0.295 e. The van der Waals surface area contributed by atoms with Gasteiger partial charge in [0.15, 0.2) is 0 Å². The SMILES string of the molecule is Cc1ccc(C2/C(=C(\O)c3ccc(F)cc3)C(=O)C(=O)N2CCN2CCOCC2)cc1. The molecule has 0 aliphatic carbocycles. The van der Waals surface area contributed by atoms with E-state index in [1.807, 2.05) is 31.2 Å². The number of benzene rings is 2. The molecule has 31 heavy (non-hydrogen) atoms. The standard InChI is InChI=1S/C24H25FN2O4/c1-16-2-4-17(5-3-16)21-20(22(28)18-6-8-19(25)9-7-18)23(29)24(30)27(21)11-10-26-12-14-31-15-13-26/h2-9,21,28H,10-15H2,1H3/b22-20+. The van der Waals surface area contributed by atoms with E-state index in [1.54, 1.807) is 0 Å². The Morgan fingerprint density at radius 2 is 1.68 bits per heavy atom. The molecule has 2 aromatic rings. The van der Waals surface area contributed by atoms with Crippen molar-refractivity contribution < 1.29 is 23.8 Å². The second kappa shape index (κ2) is 8.99. The van der Waals surface area contributed by atoms with Crippen LogP contribution >= 0.6 is 0 Å². The van der Waals surface area contributed by atoms with E-state index in [0.717, 1.165) is 24.2 Å². The van der Waals surface area contributed by atoms with Crippen LogP contribution in [0.25, 0.3) is 5.76 Å². The minimum Gasteiger partial charge on any atom is -0.507 e. The summed E-state index contributed by atoms with van der Waals surface area (Å²) in [6.45, 7) is 5.75. The number of morpholine rings is 1. The van der Waals surface area contributed by atoms with Gasteiger partial charge in [0.25, 0.3) is 11.7 Å². The average Bonchev–Trinajstić information content (AvgIpc) is 3.04. The molecule has 0 radical (unpaired) electrons. The summed E-state index contributed by atoms with van der Waals surface area (Å²) in [6.07, 6.45) is 0. The first-order valence-electron chi connectivity index (χ1n) is 10.4. The summed E-state index contributed by atoms with van der Waals surface area (Å²) in [5, 5.41) is 11.0. The van der Waals surface area contributed by atoms with E-state index in [-0.39, 0.29) is 11.3 Å². The highest BCUT2D eigenvalue weighted by atomic mass is 19.1. The molecule has 0 saturated carbocycles. The summed E-state index contributed by atoms with van der Waals surface area (Å²) in [7, 11) is 0. The number of rotatable bonds is 5. The lowest BCUT2D eigenvalue weighted by atomic mass is 9.94. The van der Waals surface area contributed by atoms with Gasteiger partial charge in [-0.2, -0.15) is 0 Å². The number of Topliss-reactive ketones (excluding diaryl/α,β-unsaturated/α-hetero) is 1. The number of ketones is 1. The van der Waals surface area contributed by atoms with Crippen LogP contribution in [0.2, 0.25) is 0 Å². The van der Waals surface area contributed by atoms with E-state index in [4.69, 9.17) is 4.74 Å². The van der Waals surface area contributed by atoms with Gasteiger partial charge >= 0.3 is 0 Å². The molecule has 1 N–H and O–H groups in total. The van der Waals surface area contributed by atoms with E-state index in [9.17, 15) is 19.1 Å². The van der Waals surface area contributed by atoms with Crippen molar-refractivity contribution in [3.8, 4) is 0 Å². The van der Waals surface area contributed by atoms with Gasteiger partial charge in [0.2, 0.25) is 0 Å². The monoisotopic (exact) mass is 424 g/mol. The number of halogens is 1. The number of aliphatic hydroxyl groups excluding tert-OH is 1. The van der Waals surface area contributed by atoms with Crippen molar-refractivity contribution >= 4 is 17.4 Å². The maximum absolute atomic E-state index is 13.3. The zero-order valence-corrected chi connectivity index (χ0v) is 17.4. The van der Waals surface area contributed by atoms with E-state index in [2.05, 4.69) is 4.90 Å². The quantitative estimate of drug-likeness (QED) is 0.454. The fourth-order valence-corrected chi connectivity index (χ4v) is 4.04. The van der Waals surface area contributed by atoms with Gasteiger partial charge in [-0.25, -0.2) is 4.39 Å². The number of carbonyl (C=O) groups excluding carboxylic acids is 2. The largest absolute Gasteiger partial charge is 0.507 e. The number of aryl methyl sites for hydroxylation is 1. The Labute approximate surface area is 180 Å². The fraction of sp³-hybridized carbons (Fsp3) is 0.333. The average molecular weight is 424 g/mol. The Morgan fingerprint density at radius 1 is 1.03 bits per heavy atom. The van der Waals surface area contributed by atoms with Crippen LogP contribution in [0.15, 0.2) is 54.1 Å².